The molecule has 3 aromatic rings. The van der Waals surface area contributed by atoms with Crippen LogP contribution in [0.15, 0.2) is 42.5 Å². The zero-order valence-electron chi connectivity index (χ0n) is 20.8. The van der Waals surface area contributed by atoms with Crippen LogP contribution in [0.4, 0.5) is 4.39 Å². The number of fused-ring (bicyclic) bond motifs is 4. The molecule has 5 nitrogen and oxygen atoms in total. The second-order valence-corrected chi connectivity index (χ2v) is 11.0. The fraction of sp³-hybridized carbons (Fsp3) is 0.517. The molecule has 2 fully saturated rings. The number of nitrogens with zero attached hydrogens (tertiary/aromatic N) is 3. The molecular formula is C29H36FN3O2. The summed E-state index contributed by atoms with van der Waals surface area (Å²) >= 11 is 0. The van der Waals surface area contributed by atoms with Crippen LogP contribution in [0.5, 0.6) is 5.75 Å². The fourth-order valence-electron chi connectivity index (χ4n) is 6.69. The van der Waals surface area contributed by atoms with Crippen LogP contribution < -0.4 is 4.74 Å². The molecule has 1 saturated carbocycles. The van der Waals surface area contributed by atoms with Crippen molar-refractivity contribution in [2.24, 2.45) is 13.0 Å². The van der Waals surface area contributed by atoms with Crippen LogP contribution in [0.25, 0.3) is 10.9 Å². The van der Waals surface area contributed by atoms with Gasteiger partial charge in [-0.2, -0.15) is 0 Å². The molecule has 3 heterocycles. The van der Waals surface area contributed by atoms with E-state index in [1.807, 2.05) is 12.1 Å². The molecule has 1 N–H and O–H groups in total. The predicted molar refractivity (Wildman–Crippen MR) is 136 cm³/mol. The number of aryl methyl sites for hydroxylation is 1. The highest BCUT2D eigenvalue weighted by molar-refractivity contribution is 5.88. The predicted octanol–water partition coefficient (Wildman–Crippen LogP) is 4.62. The van der Waals surface area contributed by atoms with Crippen molar-refractivity contribution in [3.05, 3.63) is 65.1 Å². The molecule has 0 amide bonds. The Bertz CT molecular complexity index is 1210. The Balaban J connectivity index is 1.44. The van der Waals surface area contributed by atoms with E-state index >= 15 is 0 Å². The second-order valence-electron chi connectivity index (χ2n) is 11.0. The average molecular weight is 478 g/mol. The molecule has 1 saturated heterocycles. The third-order valence-corrected chi connectivity index (χ3v) is 8.74. The van der Waals surface area contributed by atoms with Crippen LogP contribution in [-0.2, 0) is 19.0 Å². The first kappa shape index (κ1) is 23.0. The van der Waals surface area contributed by atoms with Gasteiger partial charge >= 0.3 is 0 Å². The molecule has 6 heteroatoms. The molecule has 1 aliphatic carbocycles. The van der Waals surface area contributed by atoms with Crippen molar-refractivity contribution in [3.8, 4) is 5.75 Å². The van der Waals surface area contributed by atoms with E-state index in [4.69, 9.17) is 4.74 Å². The number of methoxy groups -OCH3 is 1. The van der Waals surface area contributed by atoms with Gasteiger partial charge in [0, 0.05) is 49.2 Å². The number of rotatable bonds is 6. The summed E-state index contributed by atoms with van der Waals surface area (Å²) in [5.74, 6) is 1.55. The van der Waals surface area contributed by atoms with E-state index in [2.05, 4.69) is 39.6 Å². The molecule has 6 rings (SSSR count). The zero-order chi connectivity index (χ0) is 24.2. The summed E-state index contributed by atoms with van der Waals surface area (Å²) < 4.78 is 21.4. The number of hydrogen-bond acceptors (Lipinski definition) is 4. The third-order valence-electron chi connectivity index (χ3n) is 8.74. The monoisotopic (exact) mass is 477 g/mol. The van der Waals surface area contributed by atoms with Crippen molar-refractivity contribution < 1.29 is 14.2 Å². The Hall–Kier alpha value is -2.41. The molecule has 35 heavy (non-hydrogen) atoms. The van der Waals surface area contributed by atoms with Crippen LogP contribution in [-0.4, -0.2) is 59.4 Å². The summed E-state index contributed by atoms with van der Waals surface area (Å²) in [4.78, 5) is 5.10. The van der Waals surface area contributed by atoms with E-state index < -0.39 is 0 Å². The van der Waals surface area contributed by atoms with Gasteiger partial charge in [0.1, 0.15) is 11.6 Å². The topological polar surface area (TPSA) is 40.9 Å². The highest BCUT2D eigenvalue weighted by Crippen LogP contribution is 2.50. The van der Waals surface area contributed by atoms with E-state index in [9.17, 15) is 9.50 Å². The van der Waals surface area contributed by atoms with Crippen LogP contribution in [0.2, 0.25) is 0 Å². The number of likely N-dealkylation sites (tertiary alicyclic amines) is 1. The van der Waals surface area contributed by atoms with E-state index in [0.29, 0.717) is 6.54 Å². The quantitative estimate of drug-likeness (QED) is 0.563. The van der Waals surface area contributed by atoms with Crippen LogP contribution >= 0.6 is 0 Å². The number of aliphatic hydroxyl groups excluding tert-OH is 1. The maximum atomic E-state index is 13.6. The largest absolute Gasteiger partial charge is 0.497 e. The number of hydrogen-bond donors (Lipinski definition) is 1. The van der Waals surface area contributed by atoms with E-state index in [-0.39, 0.29) is 23.9 Å². The molecule has 186 valence electrons. The molecule has 1 atom stereocenters. The lowest BCUT2D eigenvalue weighted by Gasteiger charge is -2.50. The molecule has 0 unspecified atom stereocenters. The Kier molecular flexibility index (Phi) is 5.86. The fourth-order valence-corrected chi connectivity index (χ4v) is 6.69. The van der Waals surface area contributed by atoms with Crippen LogP contribution in [0.3, 0.4) is 0 Å². The molecule has 2 aromatic carbocycles. The first-order valence-corrected chi connectivity index (χ1v) is 13.0. The number of ether oxygens (including phenoxy) is 1. The van der Waals surface area contributed by atoms with Gasteiger partial charge in [-0.1, -0.05) is 12.1 Å². The number of piperidine rings is 1. The van der Waals surface area contributed by atoms with Crippen LogP contribution in [0, 0.1) is 11.7 Å². The van der Waals surface area contributed by atoms with Crippen molar-refractivity contribution >= 4 is 10.9 Å². The van der Waals surface area contributed by atoms with Crippen molar-refractivity contribution in [2.45, 2.75) is 43.7 Å². The number of aromatic nitrogens is 1. The molecule has 0 bridgehead atoms. The SMILES string of the molecule is COc1ccc2c3c(n(C)c2c1)[C@H](CO)N(Cc1ccc(F)cc1)CC31CCN(CC2CC2)CC1. The Labute approximate surface area is 207 Å². The summed E-state index contributed by atoms with van der Waals surface area (Å²) in [6, 6.07) is 13.1. The number of benzene rings is 2. The van der Waals surface area contributed by atoms with E-state index in [1.54, 1.807) is 7.11 Å². The first-order chi connectivity index (χ1) is 17.0. The van der Waals surface area contributed by atoms with Gasteiger partial charge in [0.15, 0.2) is 0 Å². The molecule has 1 aromatic heterocycles. The van der Waals surface area contributed by atoms with Crippen molar-refractivity contribution in [2.75, 3.05) is 39.9 Å². The Morgan fingerprint density at radius 2 is 1.83 bits per heavy atom. The third kappa shape index (κ3) is 4.05. The standard InChI is InChI=1S/C29H36FN3O2/c1-31-25-15-23(35-2)9-10-24(25)27-28(31)26(18-34)33(17-21-5-7-22(30)8-6-21)19-29(27)11-13-32(14-12-29)16-20-3-4-20/h5-10,15,20,26,34H,3-4,11-14,16-19H2,1-2H3/t26-/m0/s1. The summed E-state index contributed by atoms with van der Waals surface area (Å²) in [7, 11) is 3.84. The van der Waals surface area contributed by atoms with Gasteiger partial charge in [0.25, 0.3) is 0 Å². The van der Waals surface area contributed by atoms with Gasteiger partial charge in [0.05, 0.1) is 25.3 Å². The normalized spacial score (nSPS) is 22.6. The summed E-state index contributed by atoms with van der Waals surface area (Å²) in [6.07, 6.45) is 5.02. The number of halogens is 1. The smallest absolute Gasteiger partial charge is 0.123 e. The molecular weight excluding hydrogens is 441 g/mol. The molecule has 3 aliphatic rings. The van der Waals surface area contributed by atoms with Gasteiger partial charge < -0.3 is 19.3 Å². The first-order valence-electron chi connectivity index (χ1n) is 13.0. The zero-order valence-corrected chi connectivity index (χ0v) is 20.8. The second kappa shape index (κ2) is 8.91. The maximum absolute atomic E-state index is 13.6. The molecule has 2 aliphatic heterocycles. The molecule has 0 radical (unpaired) electrons. The van der Waals surface area contributed by atoms with Gasteiger partial charge in [0.2, 0.25) is 0 Å². The van der Waals surface area contributed by atoms with Crippen molar-refractivity contribution in [3.63, 3.8) is 0 Å². The number of aliphatic hydroxyl groups is 1. The lowest BCUT2D eigenvalue weighted by Crippen LogP contribution is -2.54. The van der Waals surface area contributed by atoms with Gasteiger partial charge in [-0.3, -0.25) is 4.90 Å². The Morgan fingerprint density at radius 3 is 2.49 bits per heavy atom. The lowest BCUT2D eigenvalue weighted by atomic mass is 9.68. The van der Waals surface area contributed by atoms with E-state index in [0.717, 1.165) is 55.2 Å². The molecule has 1 spiro atoms. The summed E-state index contributed by atoms with van der Waals surface area (Å²) in [5.41, 5.74) is 4.93. The van der Waals surface area contributed by atoms with Gasteiger partial charge in [-0.15, -0.1) is 0 Å². The maximum Gasteiger partial charge on any atom is 0.123 e. The van der Waals surface area contributed by atoms with Crippen molar-refractivity contribution in [1.82, 2.24) is 14.4 Å². The highest BCUT2D eigenvalue weighted by atomic mass is 19.1. The van der Waals surface area contributed by atoms with Gasteiger partial charge in [-0.25, -0.2) is 4.39 Å². The summed E-state index contributed by atoms with van der Waals surface area (Å²) in [6.45, 7) is 5.15. The Morgan fingerprint density at radius 1 is 1.09 bits per heavy atom. The average Bonchev–Trinajstić information content (AvgIpc) is 3.65. The minimum Gasteiger partial charge on any atom is -0.497 e. The van der Waals surface area contributed by atoms with Crippen molar-refractivity contribution in [1.29, 1.82) is 0 Å². The highest BCUT2D eigenvalue weighted by Gasteiger charge is 2.48. The lowest BCUT2D eigenvalue weighted by molar-refractivity contribution is 0.0408. The van der Waals surface area contributed by atoms with E-state index in [1.165, 1.54) is 48.2 Å². The van der Waals surface area contributed by atoms with Crippen LogP contribution in [0.1, 0.15) is 48.5 Å². The minimum absolute atomic E-state index is 0.0369. The summed E-state index contributed by atoms with van der Waals surface area (Å²) in [5, 5.41) is 12.0. The van der Waals surface area contributed by atoms with Gasteiger partial charge in [-0.05, 0) is 80.1 Å². The minimum atomic E-state index is -0.212.